The standard InChI is InChI=1S/C14H20N2O4/c1-3-11(6-7-17)9-15-12-4-5-14(16(19)20)13(8-12)10(2)18/h4-5,8,11,15,17H,3,6-7,9H2,1-2H3/t11-/m0/s1. The number of rotatable bonds is 8. The van der Waals surface area contributed by atoms with Crippen LogP contribution in [0.5, 0.6) is 0 Å². The number of nitro benzene ring substituents is 1. The van der Waals surface area contributed by atoms with Crippen molar-refractivity contribution < 1.29 is 14.8 Å². The second kappa shape index (κ2) is 7.59. The molecule has 0 fully saturated rings. The highest BCUT2D eigenvalue weighted by atomic mass is 16.6. The van der Waals surface area contributed by atoms with Crippen LogP contribution in [0.3, 0.4) is 0 Å². The molecule has 0 radical (unpaired) electrons. The summed E-state index contributed by atoms with van der Waals surface area (Å²) in [6, 6.07) is 4.44. The van der Waals surface area contributed by atoms with Crippen molar-refractivity contribution in [2.75, 3.05) is 18.5 Å². The number of benzene rings is 1. The summed E-state index contributed by atoms with van der Waals surface area (Å²) in [4.78, 5) is 21.7. The number of carbonyl (C=O) groups excluding carboxylic acids is 1. The van der Waals surface area contributed by atoms with E-state index in [0.29, 0.717) is 24.6 Å². The summed E-state index contributed by atoms with van der Waals surface area (Å²) in [5.74, 6) is -0.00119. The number of nitrogens with one attached hydrogen (secondary N) is 1. The van der Waals surface area contributed by atoms with Crippen LogP contribution in [0.2, 0.25) is 0 Å². The summed E-state index contributed by atoms with van der Waals surface area (Å²) in [5.41, 5.74) is 0.609. The molecule has 0 aromatic heterocycles. The Morgan fingerprint density at radius 3 is 2.70 bits per heavy atom. The molecule has 0 aliphatic carbocycles. The molecule has 6 heteroatoms. The Labute approximate surface area is 118 Å². The Hall–Kier alpha value is -1.95. The molecule has 0 aliphatic heterocycles. The van der Waals surface area contributed by atoms with Gasteiger partial charge in [0, 0.05) is 24.9 Å². The molecule has 0 saturated carbocycles. The lowest BCUT2D eigenvalue weighted by Crippen LogP contribution is -2.15. The van der Waals surface area contributed by atoms with Gasteiger partial charge in [-0.05, 0) is 31.4 Å². The van der Waals surface area contributed by atoms with Crippen LogP contribution in [-0.2, 0) is 0 Å². The predicted molar refractivity (Wildman–Crippen MR) is 77.1 cm³/mol. The van der Waals surface area contributed by atoms with Gasteiger partial charge in [0.25, 0.3) is 5.69 Å². The first kappa shape index (κ1) is 16.1. The number of aliphatic hydroxyl groups excluding tert-OH is 1. The fourth-order valence-electron chi connectivity index (χ4n) is 1.98. The van der Waals surface area contributed by atoms with Crippen molar-refractivity contribution in [2.24, 2.45) is 5.92 Å². The van der Waals surface area contributed by atoms with E-state index >= 15 is 0 Å². The summed E-state index contributed by atoms with van der Waals surface area (Å²) >= 11 is 0. The normalized spacial score (nSPS) is 11.9. The number of aliphatic hydroxyl groups is 1. The van der Waals surface area contributed by atoms with Gasteiger partial charge in [-0.15, -0.1) is 0 Å². The molecule has 0 amide bonds. The molecule has 0 spiro atoms. The highest BCUT2D eigenvalue weighted by molar-refractivity contribution is 5.99. The molecule has 110 valence electrons. The van der Waals surface area contributed by atoms with Gasteiger partial charge in [-0.1, -0.05) is 13.3 Å². The quantitative estimate of drug-likeness (QED) is 0.434. The number of hydrogen-bond donors (Lipinski definition) is 2. The van der Waals surface area contributed by atoms with E-state index in [9.17, 15) is 14.9 Å². The van der Waals surface area contributed by atoms with Crippen molar-refractivity contribution in [3.8, 4) is 0 Å². The fourth-order valence-corrected chi connectivity index (χ4v) is 1.98. The van der Waals surface area contributed by atoms with Crippen molar-refractivity contribution in [2.45, 2.75) is 26.7 Å². The minimum absolute atomic E-state index is 0.107. The molecule has 6 nitrogen and oxygen atoms in total. The first-order valence-electron chi connectivity index (χ1n) is 6.63. The van der Waals surface area contributed by atoms with E-state index in [1.54, 1.807) is 6.07 Å². The summed E-state index contributed by atoms with van der Waals surface area (Å²) in [6.07, 6.45) is 1.64. The Morgan fingerprint density at radius 1 is 1.50 bits per heavy atom. The van der Waals surface area contributed by atoms with Crippen molar-refractivity contribution in [1.29, 1.82) is 0 Å². The zero-order valence-corrected chi connectivity index (χ0v) is 11.8. The van der Waals surface area contributed by atoms with E-state index in [2.05, 4.69) is 5.32 Å². The van der Waals surface area contributed by atoms with Crippen molar-refractivity contribution in [3.05, 3.63) is 33.9 Å². The van der Waals surface area contributed by atoms with Gasteiger partial charge < -0.3 is 10.4 Å². The predicted octanol–water partition coefficient (Wildman–Crippen LogP) is 2.62. The molecular weight excluding hydrogens is 260 g/mol. The summed E-state index contributed by atoms with van der Waals surface area (Å²) in [7, 11) is 0. The van der Waals surface area contributed by atoms with E-state index in [1.807, 2.05) is 6.92 Å². The minimum atomic E-state index is -0.554. The number of Topliss-reactive ketones (excluding diaryl/α,β-unsaturated/α-hetero) is 1. The van der Waals surface area contributed by atoms with Gasteiger partial charge in [0.1, 0.15) is 0 Å². The third-order valence-corrected chi connectivity index (χ3v) is 3.28. The van der Waals surface area contributed by atoms with Crippen LogP contribution in [-0.4, -0.2) is 29.0 Å². The highest BCUT2D eigenvalue weighted by Gasteiger charge is 2.17. The number of anilines is 1. The Bertz CT molecular complexity index is 488. The summed E-state index contributed by atoms with van der Waals surface area (Å²) in [5, 5.41) is 22.9. The minimum Gasteiger partial charge on any atom is -0.396 e. The van der Waals surface area contributed by atoms with Crippen molar-refractivity contribution >= 4 is 17.2 Å². The van der Waals surface area contributed by atoms with Crippen LogP contribution < -0.4 is 5.32 Å². The molecule has 0 heterocycles. The summed E-state index contributed by atoms with van der Waals surface area (Å²) < 4.78 is 0. The first-order valence-corrected chi connectivity index (χ1v) is 6.63. The van der Waals surface area contributed by atoms with Gasteiger partial charge in [0.2, 0.25) is 0 Å². The lowest BCUT2D eigenvalue weighted by molar-refractivity contribution is -0.385. The molecule has 0 saturated heterocycles. The van der Waals surface area contributed by atoms with Crippen molar-refractivity contribution in [1.82, 2.24) is 0 Å². The largest absolute Gasteiger partial charge is 0.396 e. The molecule has 2 N–H and O–H groups in total. The van der Waals surface area contributed by atoms with Crippen molar-refractivity contribution in [3.63, 3.8) is 0 Å². The van der Waals surface area contributed by atoms with Gasteiger partial charge >= 0.3 is 0 Å². The average molecular weight is 280 g/mol. The second-order valence-electron chi connectivity index (χ2n) is 4.71. The maximum atomic E-state index is 11.5. The van der Waals surface area contributed by atoms with Crippen LogP contribution in [0.4, 0.5) is 11.4 Å². The molecule has 0 aliphatic rings. The van der Waals surface area contributed by atoms with Gasteiger partial charge in [-0.25, -0.2) is 0 Å². The molecule has 1 atom stereocenters. The molecular formula is C14H20N2O4. The van der Waals surface area contributed by atoms with E-state index in [0.717, 1.165) is 6.42 Å². The van der Waals surface area contributed by atoms with Gasteiger partial charge in [0.05, 0.1) is 10.5 Å². The van der Waals surface area contributed by atoms with Crippen LogP contribution in [0.1, 0.15) is 37.0 Å². The summed E-state index contributed by atoms with van der Waals surface area (Å²) in [6.45, 7) is 4.15. The molecule has 1 aromatic carbocycles. The zero-order chi connectivity index (χ0) is 15.1. The SMILES string of the molecule is CC[C@@H](CCO)CNc1ccc([N+](=O)[O-])c(C(C)=O)c1. The monoisotopic (exact) mass is 280 g/mol. The fraction of sp³-hybridized carbons (Fsp3) is 0.500. The molecule has 1 aromatic rings. The highest BCUT2D eigenvalue weighted by Crippen LogP contribution is 2.23. The number of carbonyl (C=O) groups is 1. The molecule has 0 unspecified atom stereocenters. The third-order valence-electron chi connectivity index (χ3n) is 3.28. The maximum absolute atomic E-state index is 11.5. The number of hydrogen-bond acceptors (Lipinski definition) is 5. The van der Waals surface area contributed by atoms with E-state index in [4.69, 9.17) is 5.11 Å². The second-order valence-corrected chi connectivity index (χ2v) is 4.71. The number of nitro groups is 1. The lowest BCUT2D eigenvalue weighted by Gasteiger charge is -2.15. The number of nitrogens with zero attached hydrogens (tertiary/aromatic N) is 1. The lowest BCUT2D eigenvalue weighted by atomic mass is 10.0. The average Bonchev–Trinajstić information content (AvgIpc) is 2.42. The van der Waals surface area contributed by atoms with E-state index in [1.165, 1.54) is 19.1 Å². The third kappa shape index (κ3) is 4.31. The van der Waals surface area contributed by atoms with Crippen LogP contribution in [0.25, 0.3) is 0 Å². The van der Waals surface area contributed by atoms with Gasteiger partial charge in [0.15, 0.2) is 5.78 Å². The smallest absolute Gasteiger partial charge is 0.280 e. The van der Waals surface area contributed by atoms with Crippen LogP contribution in [0.15, 0.2) is 18.2 Å². The molecule has 20 heavy (non-hydrogen) atoms. The Kier molecular flexibility index (Phi) is 6.11. The maximum Gasteiger partial charge on any atom is 0.280 e. The Morgan fingerprint density at radius 2 is 2.20 bits per heavy atom. The molecule has 1 rings (SSSR count). The molecule has 0 bridgehead atoms. The van der Waals surface area contributed by atoms with E-state index in [-0.39, 0.29) is 23.6 Å². The first-order chi connectivity index (χ1) is 9.49. The Balaban J connectivity index is 2.84. The van der Waals surface area contributed by atoms with Crippen LogP contribution in [0, 0.1) is 16.0 Å². The zero-order valence-electron chi connectivity index (χ0n) is 11.8. The van der Waals surface area contributed by atoms with E-state index < -0.39 is 4.92 Å². The van der Waals surface area contributed by atoms with Gasteiger partial charge in [-0.2, -0.15) is 0 Å². The van der Waals surface area contributed by atoms with Gasteiger partial charge in [-0.3, -0.25) is 14.9 Å². The topological polar surface area (TPSA) is 92.5 Å². The van der Waals surface area contributed by atoms with Crippen LogP contribution >= 0.6 is 0 Å². The number of ketones is 1.